The monoisotopic (exact) mass is 438 g/mol. The van der Waals surface area contributed by atoms with Crippen LogP contribution in [0.1, 0.15) is 67.2 Å². The van der Waals surface area contributed by atoms with Crippen LogP contribution in [0.25, 0.3) is 0 Å². The molecule has 2 bridgehead atoms. The molecule has 2 saturated heterocycles. The van der Waals surface area contributed by atoms with Crippen molar-refractivity contribution in [3.63, 3.8) is 0 Å². The Balaban J connectivity index is 2.17. The van der Waals surface area contributed by atoms with Gasteiger partial charge in [-0.25, -0.2) is 0 Å². The van der Waals surface area contributed by atoms with Crippen LogP contribution in [0.3, 0.4) is 0 Å². The Kier molecular flexibility index (Phi) is 6.63. The maximum absolute atomic E-state index is 12.1. The summed E-state index contributed by atoms with van der Waals surface area (Å²) in [5.74, 6) is -1.21. The van der Waals surface area contributed by atoms with Gasteiger partial charge in [0.2, 0.25) is 0 Å². The highest BCUT2D eigenvalue weighted by atomic mass is 16.6. The zero-order chi connectivity index (χ0) is 23.3. The molecule has 3 aliphatic rings. The van der Waals surface area contributed by atoms with E-state index in [9.17, 15) is 19.8 Å². The Morgan fingerprint density at radius 2 is 1.71 bits per heavy atom. The molecule has 0 aromatic carbocycles. The highest BCUT2D eigenvalue weighted by Crippen LogP contribution is 2.58. The van der Waals surface area contributed by atoms with Gasteiger partial charge in [0.1, 0.15) is 17.3 Å². The maximum Gasteiger partial charge on any atom is 0.303 e. The molecule has 7 heteroatoms. The van der Waals surface area contributed by atoms with E-state index in [4.69, 9.17) is 14.2 Å². The van der Waals surface area contributed by atoms with Crippen LogP contribution < -0.4 is 0 Å². The number of aliphatic hydroxyl groups is 2. The van der Waals surface area contributed by atoms with Gasteiger partial charge in [-0.05, 0) is 50.5 Å². The van der Waals surface area contributed by atoms with Gasteiger partial charge in [0.25, 0.3) is 0 Å². The molecule has 0 aromatic heterocycles. The summed E-state index contributed by atoms with van der Waals surface area (Å²) in [5, 5.41) is 21.8. The minimum absolute atomic E-state index is 0.115. The van der Waals surface area contributed by atoms with Crippen molar-refractivity contribution in [1.29, 1.82) is 0 Å². The molecule has 3 rings (SSSR count). The Labute approximate surface area is 185 Å². The van der Waals surface area contributed by atoms with E-state index in [0.29, 0.717) is 31.3 Å². The zero-order valence-corrected chi connectivity index (χ0v) is 19.6. The van der Waals surface area contributed by atoms with Gasteiger partial charge in [-0.1, -0.05) is 20.4 Å². The Bertz CT molecular complexity index is 733. The van der Waals surface area contributed by atoms with Crippen LogP contribution in [-0.2, 0) is 23.8 Å². The number of carbonyl (C=O) groups excluding carboxylic acids is 2. The molecular formula is C24H38O7. The lowest BCUT2D eigenvalue weighted by molar-refractivity contribution is -0.193. The van der Waals surface area contributed by atoms with E-state index in [0.717, 1.165) is 0 Å². The van der Waals surface area contributed by atoms with Crippen molar-refractivity contribution in [2.45, 2.75) is 103 Å². The molecule has 7 nitrogen and oxygen atoms in total. The van der Waals surface area contributed by atoms with E-state index in [-0.39, 0.29) is 29.8 Å². The number of aliphatic hydroxyl groups excluding tert-OH is 2. The molecule has 0 spiro atoms. The van der Waals surface area contributed by atoms with Crippen LogP contribution in [0.15, 0.2) is 12.2 Å². The number of esters is 2. The molecule has 0 unspecified atom stereocenters. The van der Waals surface area contributed by atoms with Crippen molar-refractivity contribution in [2.75, 3.05) is 0 Å². The number of fused-ring (bicyclic) bond motifs is 5. The van der Waals surface area contributed by atoms with Gasteiger partial charge >= 0.3 is 11.9 Å². The first kappa shape index (κ1) is 24.2. The van der Waals surface area contributed by atoms with Gasteiger partial charge in [0.05, 0.1) is 18.3 Å². The Morgan fingerprint density at radius 1 is 1.13 bits per heavy atom. The minimum Gasteiger partial charge on any atom is -0.459 e. The van der Waals surface area contributed by atoms with Gasteiger partial charge in [-0.15, -0.1) is 0 Å². The number of hydrogen-bond acceptors (Lipinski definition) is 7. The molecule has 2 N–H and O–H groups in total. The quantitative estimate of drug-likeness (QED) is 0.516. The maximum atomic E-state index is 12.1. The van der Waals surface area contributed by atoms with Crippen LogP contribution in [0, 0.1) is 23.7 Å². The van der Waals surface area contributed by atoms with Gasteiger partial charge in [-0.2, -0.15) is 0 Å². The second-order valence-corrected chi connectivity index (χ2v) is 10.5. The van der Waals surface area contributed by atoms with E-state index in [1.54, 1.807) is 0 Å². The molecule has 2 aliphatic heterocycles. The third-order valence-corrected chi connectivity index (χ3v) is 7.67. The molecule has 31 heavy (non-hydrogen) atoms. The molecule has 9 atom stereocenters. The summed E-state index contributed by atoms with van der Waals surface area (Å²) in [5.41, 5.74) is -1.27. The lowest BCUT2D eigenvalue weighted by atomic mass is 9.56. The standard InChI is InChI=1S/C24H38O7/c1-12(2)19-17(28)11-24(7,31-15(5)26)21-18-10-13(3)16(27)8-9-23(6,30-14(4)25)22(29-18)20(19)21/h12,16-22,27-28H,3,8-11H2,1-2,4-7H3/t16-,17+,18+,19-,20+,21+,22+,23+,24+/m1/s1. The normalized spacial score (nSPS) is 45.3. The van der Waals surface area contributed by atoms with E-state index in [2.05, 4.69) is 20.4 Å². The molecular weight excluding hydrogens is 400 g/mol. The predicted molar refractivity (Wildman–Crippen MR) is 114 cm³/mol. The lowest BCUT2D eigenvalue weighted by Crippen LogP contribution is -2.60. The summed E-state index contributed by atoms with van der Waals surface area (Å²) in [7, 11) is 0. The van der Waals surface area contributed by atoms with E-state index < -0.39 is 41.5 Å². The third-order valence-electron chi connectivity index (χ3n) is 7.67. The van der Waals surface area contributed by atoms with Crippen molar-refractivity contribution in [3.8, 4) is 0 Å². The van der Waals surface area contributed by atoms with Gasteiger partial charge < -0.3 is 24.4 Å². The highest BCUT2D eigenvalue weighted by Gasteiger charge is 2.66. The van der Waals surface area contributed by atoms with Crippen LogP contribution in [0.4, 0.5) is 0 Å². The second kappa shape index (κ2) is 8.49. The largest absolute Gasteiger partial charge is 0.459 e. The Morgan fingerprint density at radius 3 is 2.26 bits per heavy atom. The molecule has 0 amide bonds. The number of rotatable bonds is 3. The van der Waals surface area contributed by atoms with Crippen molar-refractivity contribution in [3.05, 3.63) is 12.2 Å². The summed E-state index contributed by atoms with van der Waals surface area (Å²) in [6.45, 7) is 14.7. The van der Waals surface area contributed by atoms with Crippen molar-refractivity contribution in [1.82, 2.24) is 0 Å². The van der Waals surface area contributed by atoms with Crippen molar-refractivity contribution >= 4 is 11.9 Å². The minimum atomic E-state index is -0.990. The summed E-state index contributed by atoms with van der Waals surface area (Å²) in [6.07, 6.45) is -0.749. The summed E-state index contributed by atoms with van der Waals surface area (Å²) in [6, 6.07) is 0. The fourth-order valence-corrected chi connectivity index (χ4v) is 6.64. The van der Waals surface area contributed by atoms with E-state index in [1.807, 2.05) is 13.8 Å². The third kappa shape index (κ3) is 4.41. The number of ether oxygens (including phenoxy) is 3. The van der Waals surface area contributed by atoms with Gasteiger partial charge in [0, 0.05) is 32.1 Å². The molecule has 176 valence electrons. The fraction of sp³-hybridized carbons (Fsp3) is 0.833. The van der Waals surface area contributed by atoms with Crippen LogP contribution in [0.5, 0.6) is 0 Å². The van der Waals surface area contributed by atoms with Crippen LogP contribution in [0.2, 0.25) is 0 Å². The number of hydrogen-bond donors (Lipinski definition) is 2. The average molecular weight is 439 g/mol. The summed E-state index contributed by atoms with van der Waals surface area (Å²) >= 11 is 0. The van der Waals surface area contributed by atoms with Gasteiger partial charge in [-0.3, -0.25) is 9.59 Å². The summed E-state index contributed by atoms with van der Waals surface area (Å²) in [4.78, 5) is 24.1. The highest BCUT2D eigenvalue weighted by molar-refractivity contribution is 5.67. The molecule has 1 aliphatic carbocycles. The first-order chi connectivity index (χ1) is 14.3. The first-order valence-corrected chi connectivity index (χ1v) is 11.4. The van der Waals surface area contributed by atoms with Crippen molar-refractivity contribution in [2.24, 2.45) is 23.7 Å². The van der Waals surface area contributed by atoms with Crippen LogP contribution in [-0.4, -0.2) is 57.8 Å². The molecule has 1 saturated carbocycles. The van der Waals surface area contributed by atoms with Crippen LogP contribution >= 0.6 is 0 Å². The smallest absolute Gasteiger partial charge is 0.303 e. The second-order valence-electron chi connectivity index (χ2n) is 10.5. The van der Waals surface area contributed by atoms with Crippen molar-refractivity contribution < 1.29 is 34.0 Å². The van der Waals surface area contributed by atoms with E-state index in [1.165, 1.54) is 13.8 Å². The lowest BCUT2D eigenvalue weighted by Gasteiger charge is -2.52. The number of carbonyl (C=O) groups is 2. The average Bonchev–Trinajstić information content (AvgIpc) is 2.98. The molecule has 3 fully saturated rings. The molecule has 2 heterocycles. The predicted octanol–water partition coefficient (Wildman–Crippen LogP) is 2.77. The molecule has 0 radical (unpaired) electrons. The van der Waals surface area contributed by atoms with E-state index >= 15 is 0 Å². The SMILES string of the molecule is C=C1C[C@@H]2O[C@@H]([C@H]3[C@H](C(C)C)[C@@H](O)C[C@](C)(OC(C)=O)[C@H]32)[C@@](C)(OC(C)=O)CC[C@H]1O. The van der Waals surface area contributed by atoms with Gasteiger partial charge in [0.15, 0.2) is 0 Å². The first-order valence-electron chi connectivity index (χ1n) is 11.4. The summed E-state index contributed by atoms with van der Waals surface area (Å²) < 4.78 is 18.3. The Hall–Kier alpha value is -1.44. The topological polar surface area (TPSA) is 102 Å². The fourth-order valence-electron chi connectivity index (χ4n) is 6.64. The molecule has 0 aromatic rings. The zero-order valence-electron chi connectivity index (χ0n) is 19.6.